The Morgan fingerprint density at radius 1 is 1.20 bits per heavy atom. The Kier molecular flexibility index (Phi) is 3.94. The fraction of sp³-hybridized carbons (Fsp3) is 0.450. The van der Waals surface area contributed by atoms with Crippen LogP contribution in [-0.2, 0) is 4.79 Å². The standard InChI is InChI=1S/C20H23N3O2/c1-2-9-22-10-7-20(19(22)25)8-11-23(14-20)18(24)17-12-15-5-3-4-6-16(15)13-21-17/h3-6,12-13H,2,7-11,14H2,1H3. The fourth-order valence-electron chi connectivity index (χ4n) is 4.16. The quantitative estimate of drug-likeness (QED) is 0.865. The van der Waals surface area contributed by atoms with Crippen LogP contribution in [-0.4, -0.2) is 52.8 Å². The van der Waals surface area contributed by atoms with Gasteiger partial charge in [-0.2, -0.15) is 0 Å². The van der Waals surface area contributed by atoms with Crippen LogP contribution in [0.25, 0.3) is 10.8 Å². The molecule has 5 heteroatoms. The zero-order valence-corrected chi connectivity index (χ0v) is 14.6. The molecule has 2 saturated heterocycles. The van der Waals surface area contributed by atoms with E-state index in [1.807, 2.05) is 40.1 Å². The van der Waals surface area contributed by atoms with Crippen molar-refractivity contribution in [3.8, 4) is 0 Å². The first kappa shape index (κ1) is 16.1. The van der Waals surface area contributed by atoms with Crippen molar-refractivity contribution in [2.24, 2.45) is 5.41 Å². The molecular weight excluding hydrogens is 314 g/mol. The number of likely N-dealkylation sites (tertiary alicyclic amines) is 2. The van der Waals surface area contributed by atoms with Crippen molar-refractivity contribution in [3.05, 3.63) is 42.2 Å². The minimum Gasteiger partial charge on any atom is -0.342 e. The van der Waals surface area contributed by atoms with Gasteiger partial charge in [-0.15, -0.1) is 0 Å². The van der Waals surface area contributed by atoms with Crippen molar-refractivity contribution < 1.29 is 9.59 Å². The second-order valence-corrected chi connectivity index (χ2v) is 7.22. The van der Waals surface area contributed by atoms with E-state index < -0.39 is 0 Å². The molecule has 0 bridgehead atoms. The van der Waals surface area contributed by atoms with Crippen LogP contribution in [0.2, 0.25) is 0 Å². The predicted octanol–water partition coefficient (Wildman–Crippen LogP) is 2.71. The van der Waals surface area contributed by atoms with E-state index in [-0.39, 0.29) is 17.2 Å². The van der Waals surface area contributed by atoms with Crippen LogP contribution in [0, 0.1) is 5.41 Å². The van der Waals surface area contributed by atoms with E-state index in [4.69, 9.17) is 0 Å². The molecule has 2 fully saturated rings. The third-order valence-corrected chi connectivity index (χ3v) is 5.59. The Morgan fingerprint density at radius 3 is 2.76 bits per heavy atom. The molecular formula is C20H23N3O2. The van der Waals surface area contributed by atoms with Crippen LogP contribution in [0.15, 0.2) is 36.5 Å². The number of carbonyl (C=O) groups excluding carboxylic acids is 2. The van der Waals surface area contributed by atoms with E-state index in [0.29, 0.717) is 18.8 Å². The highest BCUT2D eigenvalue weighted by Gasteiger charge is 2.51. The molecule has 0 saturated carbocycles. The highest BCUT2D eigenvalue weighted by atomic mass is 16.2. The van der Waals surface area contributed by atoms with E-state index in [1.165, 1.54) is 0 Å². The van der Waals surface area contributed by atoms with E-state index in [1.54, 1.807) is 6.20 Å². The average molecular weight is 337 g/mol. The summed E-state index contributed by atoms with van der Waals surface area (Å²) >= 11 is 0. The summed E-state index contributed by atoms with van der Waals surface area (Å²) in [4.78, 5) is 33.8. The van der Waals surface area contributed by atoms with Gasteiger partial charge in [0.15, 0.2) is 0 Å². The molecule has 1 atom stereocenters. The number of hydrogen-bond acceptors (Lipinski definition) is 3. The van der Waals surface area contributed by atoms with Gasteiger partial charge in [0.05, 0.1) is 5.41 Å². The lowest BCUT2D eigenvalue weighted by Crippen LogP contribution is -2.38. The summed E-state index contributed by atoms with van der Waals surface area (Å²) in [6, 6.07) is 9.75. The Bertz CT molecular complexity index is 835. The number of benzene rings is 1. The topological polar surface area (TPSA) is 53.5 Å². The van der Waals surface area contributed by atoms with Crippen LogP contribution in [0.4, 0.5) is 0 Å². The summed E-state index contributed by atoms with van der Waals surface area (Å²) < 4.78 is 0. The summed E-state index contributed by atoms with van der Waals surface area (Å²) in [6.07, 6.45) is 4.36. The third kappa shape index (κ3) is 2.68. The van der Waals surface area contributed by atoms with Crippen LogP contribution in [0.5, 0.6) is 0 Å². The maximum Gasteiger partial charge on any atom is 0.272 e. The Hall–Kier alpha value is -2.43. The molecule has 2 amide bonds. The molecule has 4 rings (SSSR count). The van der Waals surface area contributed by atoms with E-state index >= 15 is 0 Å². The first-order valence-corrected chi connectivity index (χ1v) is 9.06. The summed E-state index contributed by atoms with van der Waals surface area (Å²) in [5, 5.41) is 2.04. The van der Waals surface area contributed by atoms with Crippen molar-refractivity contribution in [2.75, 3.05) is 26.2 Å². The molecule has 5 nitrogen and oxygen atoms in total. The van der Waals surface area contributed by atoms with Crippen molar-refractivity contribution >= 4 is 22.6 Å². The smallest absolute Gasteiger partial charge is 0.272 e. The molecule has 0 N–H and O–H groups in total. The normalized spacial score (nSPS) is 23.2. The lowest BCUT2D eigenvalue weighted by atomic mass is 9.85. The molecule has 25 heavy (non-hydrogen) atoms. The number of hydrogen-bond donors (Lipinski definition) is 0. The zero-order chi connectivity index (χ0) is 17.4. The molecule has 1 spiro atoms. The van der Waals surface area contributed by atoms with E-state index in [0.717, 1.165) is 43.1 Å². The lowest BCUT2D eigenvalue weighted by Gasteiger charge is -2.23. The van der Waals surface area contributed by atoms with Gasteiger partial charge in [0.1, 0.15) is 5.69 Å². The molecule has 1 aromatic heterocycles. The Labute approximate surface area is 147 Å². The predicted molar refractivity (Wildman–Crippen MR) is 96.2 cm³/mol. The average Bonchev–Trinajstić information content (AvgIpc) is 3.21. The first-order valence-electron chi connectivity index (χ1n) is 9.06. The molecule has 2 aromatic rings. The van der Waals surface area contributed by atoms with Gasteiger partial charge in [-0.1, -0.05) is 31.2 Å². The third-order valence-electron chi connectivity index (χ3n) is 5.59. The summed E-state index contributed by atoms with van der Waals surface area (Å²) in [5.41, 5.74) is 0.105. The highest BCUT2D eigenvalue weighted by Crippen LogP contribution is 2.41. The molecule has 1 unspecified atom stereocenters. The summed E-state index contributed by atoms with van der Waals surface area (Å²) in [6.45, 7) is 4.90. The molecule has 1 aromatic carbocycles. The van der Waals surface area contributed by atoms with Crippen molar-refractivity contribution in [2.45, 2.75) is 26.2 Å². The van der Waals surface area contributed by atoms with Crippen LogP contribution in [0.1, 0.15) is 36.7 Å². The molecule has 0 radical (unpaired) electrons. The molecule has 130 valence electrons. The van der Waals surface area contributed by atoms with Crippen molar-refractivity contribution in [3.63, 3.8) is 0 Å². The van der Waals surface area contributed by atoms with Gasteiger partial charge in [-0.05, 0) is 30.7 Å². The number of aromatic nitrogens is 1. The van der Waals surface area contributed by atoms with Gasteiger partial charge in [-0.3, -0.25) is 14.6 Å². The van der Waals surface area contributed by atoms with Crippen molar-refractivity contribution in [1.82, 2.24) is 14.8 Å². The second kappa shape index (κ2) is 6.14. The minimum absolute atomic E-state index is 0.0654. The second-order valence-electron chi connectivity index (χ2n) is 7.22. The molecule has 0 aliphatic carbocycles. The number of rotatable bonds is 3. The van der Waals surface area contributed by atoms with E-state index in [9.17, 15) is 9.59 Å². The SMILES string of the molecule is CCCN1CCC2(CCN(C(=O)c3cc4ccccc4cn3)C2)C1=O. The van der Waals surface area contributed by atoms with Crippen molar-refractivity contribution in [1.29, 1.82) is 0 Å². The van der Waals surface area contributed by atoms with Gasteiger partial charge >= 0.3 is 0 Å². The van der Waals surface area contributed by atoms with E-state index in [2.05, 4.69) is 11.9 Å². The van der Waals surface area contributed by atoms with Gasteiger partial charge < -0.3 is 9.80 Å². The molecule has 3 heterocycles. The minimum atomic E-state index is -0.359. The Morgan fingerprint density at radius 2 is 1.96 bits per heavy atom. The zero-order valence-electron chi connectivity index (χ0n) is 14.6. The Balaban J connectivity index is 1.53. The maximum atomic E-state index is 12.9. The van der Waals surface area contributed by atoms with Crippen LogP contribution < -0.4 is 0 Å². The lowest BCUT2D eigenvalue weighted by molar-refractivity contribution is -0.135. The van der Waals surface area contributed by atoms with Gasteiger partial charge in [0.25, 0.3) is 5.91 Å². The number of amides is 2. The van der Waals surface area contributed by atoms with Gasteiger partial charge in [0, 0.05) is 37.8 Å². The van der Waals surface area contributed by atoms with Crippen LogP contribution >= 0.6 is 0 Å². The maximum absolute atomic E-state index is 12.9. The van der Waals surface area contributed by atoms with Crippen LogP contribution in [0.3, 0.4) is 0 Å². The summed E-state index contributed by atoms with van der Waals surface area (Å²) in [5.74, 6) is 0.167. The van der Waals surface area contributed by atoms with Gasteiger partial charge in [0.2, 0.25) is 5.91 Å². The van der Waals surface area contributed by atoms with Gasteiger partial charge in [-0.25, -0.2) is 0 Å². The monoisotopic (exact) mass is 337 g/mol. The summed E-state index contributed by atoms with van der Waals surface area (Å²) in [7, 11) is 0. The fourth-order valence-corrected chi connectivity index (χ4v) is 4.16. The number of pyridine rings is 1. The highest BCUT2D eigenvalue weighted by molar-refractivity contribution is 5.97. The number of nitrogens with zero attached hydrogens (tertiary/aromatic N) is 3. The number of fused-ring (bicyclic) bond motifs is 1. The number of carbonyl (C=O) groups is 2. The molecule has 2 aliphatic heterocycles. The molecule has 2 aliphatic rings. The first-order chi connectivity index (χ1) is 12.1. The largest absolute Gasteiger partial charge is 0.342 e.